The Hall–Kier alpha value is 1.06. The summed E-state index contributed by atoms with van der Waals surface area (Å²) in [5, 5.41) is 0. The van der Waals surface area contributed by atoms with Crippen LogP contribution in [0, 0.1) is 0 Å². The Bertz CT molecular complexity index is 249. The van der Waals surface area contributed by atoms with E-state index >= 15 is 0 Å². The van der Waals surface area contributed by atoms with E-state index in [1.165, 1.54) is 0 Å². The Balaban J connectivity index is 2.72. The van der Waals surface area contributed by atoms with Crippen LogP contribution >= 0.6 is 0 Å². The van der Waals surface area contributed by atoms with Gasteiger partial charge in [0.2, 0.25) is 0 Å². The summed E-state index contributed by atoms with van der Waals surface area (Å²) in [6, 6.07) is 0. The lowest BCUT2D eigenvalue weighted by Gasteiger charge is -2.37. The second kappa shape index (κ2) is 6.68. The van der Waals surface area contributed by atoms with Crippen molar-refractivity contribution in [3.8, 4) is 0 Å². The van der Waals surface area contributed by atoms with Crippen molar-refractivity contribution >= 4 is 55.7 Å². The van der Waals surface area contributed by atoms with Gasteiger partial charge in [-0.2, -0.15) is 0 Å². The van der Waals surface area contributed by atoms with E-state index in [4.69, 9.17) is 24.7 Å². The standard InChI is InChI=1S/C6H18O6Si6/c1-16(2)9-14-7-13-8-15-10-17(3,4)12-18(5,6)11-16/h1-6H3. The van der Waals surface area contributed by atoms with E-state index < -0.39 is 25.7 Å². The van der Waals surface area contributed by atoms with Crippen LogP contribution in [0.2, 0.25) is 39.3 Å². The SMILES string of the molecule is C[Si]1(C)O[Si]O[Si]O[Si]O[Si](C)(C)O[Si](C)(C)O1. The molecule has 0 amide bonds. The van der Waals surface area contributed by atoms with Gasteiger partial charge in [0, 0.05) is 0 Å². The molecule has 12 heteroatoms. The molecule has 0 spiro atoms. The van der Waals surface area contributed by atoms with Crippen LogP contribution in [-0.2, 0) is 24.7 Å². The second-order valence-corrected chi connectivity index (χ2v) is 18.9. The maximum absolute atomic E-state index is 6.11. The molecule has 1 aliphatic heterocycles. The fourth-order valence-electron chi connectivity index (χ4n) is 1.54. The van der Waals surface area contributed by atoms with Gasteiger partial charge in [0.15, 0.2) is 0 Å². The molecular weight excluding hydrogens is 337 g/mol. The summed E-state index contributed by atoms with van der Waals surface area (Å²) in [6.07, 6.45) is 0. The predicted molar refractivity (Wildman–Crippen MR) is 76.2 cm³/mol. The zero-order chi connectivity index (χ0) is 13.9. The molecule has 0 bridgehead atoms. The first-order valence-electron chi connectivity index (χ1n) is 5.45. The third-order valence-corrected chi connectivity index (χ3v) is 15.5. The normalized spacial score (nSPS) is 29.0. The quantitative estimate of drug-likeness (QED) is 0.600. The summed E-state index contributed by atoms with van der Waals surface area (Å²) < 4.78 is 34.1. The van der Waals surface area contributed by atoms with E-state index in [1.807, 2.05) is 39.3 Å². The Morgan fingerprint density at radius 1 is 0.556 bits per heavy atom. The van der Waals surface area contributed by atoms with Gasteiger partial charge in [-0.1, -0.05) is 0 Å². The molecule has 0 unspecified atom stereocenters. The fraction of sp³-hybridized carbons (Fsp3) is 1.00. The smallest absolute Gasteiger partial charge is 0.412 e. The number of rotatable bonds is 0. The van der Waals surface area contributed by atoms with E-state index in [-0.39, 0.29) is 30.0 Å². The van der Waals surface area contributed by atoms with Gasteiger partial charge in [-0.3, -0.25) is 0 Å². The van der Waals surface area contributed by atoms with Crippen molar-refractivity contribution in [2.24, 2.45) is 0 Å². The highest BCUT2D eigenvalue weighted by atomic mass is 28.5. The average molecular weight is 355 g/mol. The zero-order valence-electron chi connectivity index (χ0n) is 11.4. The Morgan fingerprint density at radius 2 is 0.944 bits per heavy atom. The van der Waals surface area contributed by atoms with Crippen LogP contribution < -0.4 is 0 Å². The lowest BCUT2D eigenvalue weighted by molar-refractivity contribution is 0.280. The van der Waals surface area contributed by atoms with Gasteiger partial charge in [-0.25, -0.2) is 0 Å². The number of hydrogen-bond donors (Lipinski definition) is 0. The highest BCUT2D eigenvalue weighted by Crippen LogP contribution is 2.21. The van der Waals surface area contributed by atoms with E-state index in [0.717, 1.165) is 0 Å². The van der Waals surface area contributed by atoms with Gasteiger partial charge in [0.25, 0.3) is 0 Å². The van der Waals surface area contributed by atoms with Gasteiger partial charge in [-0.05, 0) is 39.3 Å². The third kappa shape index (κ3) is 7.01. The van der Waals surface area contributed by atoms with Crippen molar-refractivity contribution in [1.82, 2.24) is 0 Å². The van der Waals surface area contributed by atoms with Crippen LogP contribution in [0.5, 0.6) is 0 Å². The van der Waals surface area contributed by atoms with Crippen LogP contribution in [0.15, 0.2) is 0 Å². The molecule has 102 valence electrons. The largest absolute Gasteiger partial charge is 0.416 e. The molecule has 0 aromatic heterocycles. The molecule has 0 atom stereocenters. The van der Waals surface area contributed by atoms with Gasteiger partial charge in [0.05, 0.1) is 0 Å². The van der Waals surface area contributed by atoms with E-state index in [9.17, 15) is 0 Å². The molecular formula is C6H18O6Si6. The predicted octanol–water partition coefficient (Wildman–Crippen LogP) is 0.808. The fourth-order valence-corrected chi connectivity index (χ4v) is 16.1. The monoisotopic (exact) mass is 354 g/mol. The van der Waals surface area contributed by atoms with Crippen molar-refractivity contribution in [1.29, 1.82) is 0 Å². The molecule has 1 rings (SSSR count). The van der Waals surface area contributed by atoms with E-state index in [1.54, 1.807) is 0 Å². The summed E-state index contributed by atoms with van der Waals surface area (Å²) in [7, 11) is -6.89. The van der Waals surface area contributed by atoms with Gasteiger partial charge in [-0.15, -0.1) is 0 Å². The molecule has 6 nitrogen and oxygen atoms in total. The highest BCUT2D eigenvalue weighted by molar-refractivity contribution is 6.86. The molecule has 1 aliphatic rings. The maximum Gasteiger partial charge on any atom is 0.412 e. The minimum Gasteiger partial charge on any atom is -0.416 e. The second-order valence-electron chi connectivity index (χ2n) is 5.06. The number of hydrogen-bond acceptors (Lipinski definition) is 6. The topological polar surface area (TPSA) is 55.4 Å². The van der Waals surface area contributed by atoms with Gasteiger partial charge < -0.3 is 24.7 Å². The average Bonchev–Trinajstić information content (AvgIpc) is 2.10. The first-order valence-corrected chi connectivity index (χ1v) is 16.3. The Kier molecular flexibility index (Phi) is 6.35. The molecule has 18 heavy (non-hydrogen) atoms. The van der Waals surface area contributed by atoms with Gasteiger partial charge >= 0.3 is 55.7 Å². The molecule has 0 aromatic carbocycles. The van der Waals surface area contributed by atoms with Crippen molar-refractivity contribution in [3.05, 3.63) is 0 Å². The third-order valence-electron chi connectivity index (χ3n) is 1.72. The minimum atomic E-state index is -2.26. The van der Waals surface area contributed by atoms with E-state index in [0.29, 0.717) is 0 Å². The van der Waals surface area contributed by atoms with Crippen LogP contribution in [-0.4, -0.2) is 55.7 Å². The highest BCUT2D eigenvalue weighted by Gasteiger charge is 2.42. The molecule has 1 fully saturated rings. The Labute approximate surface area is 120 Å². The zero-order valence-corrected chi connectivity index (χ0v) is 17.4. The summed E-state index contributed by atoms with van der Waals surface area (Å²) in [5.74, 6) is 0. The molecule has 6 radical (unpaired) electrons. The van der Waals surface area contributed by atoms with Crippen LogP contribution in [0.4, 0.5) is 0 Å². The summed E-state index contributed by atoms with van der Waals surface area (Å²) in [6.45, 7) is 12.0. The van der Waals surface area contributed by atoms with Crippen LogP contribution in [0.3, 0.4) is 0 Å². The first kappa shape index (κ1) is 17.1. The van der Waals surface area contributed by atoms with Crippen molar-refractivity contribution in [3.63, 3.8) is 0 Å². The lowest BCUT2D eigenvalue weighted by atomic mass is 11.9. The summed E-state index contributed by atoms with van der Waals surface area (Å²) >= 11 is 0. The molecule has 0 N–H and O–H groups in total. The summed E-state index contributed by atoms with van der Waals surface area (Å²) in [5.41, 5.74) is 0. The van der Waals surface area contributed by atoms with Gasteiger partial charge in [0.1, 0.15) is 0 Å². The van der Waals surface area contributed by atoms with Crippen molar-refractivity contribution < 1.29 is 24.7 Å². The molecule has 1 heterocycles. The molecule has 1 saturated heterocycles. The molecule has 0 aromatic rings. The first-order chi connectivity index (χ1) is 8.12. The molecule has 0 saturated carbocycles. The maximum atomic E-state index is 6.11. The van der Waals surface area contributed by atoms with Crippen molar-refractivity contribution in [2.75, 3.05) is 0 Å². The van der Waals surface area contributed by atoms with E-state index in [2.05, 4.69) is 0 Å². The van der Waals surface area contributed by atoms with Crippen molar-refractivity contribution in [2.45, 2.75) is 39.3 Å². The molecule has 0 aliphatic carbocycles. The minimum absolute atomic E-state index is 0.0582. The van der Waals surface area contributed by atoms with Crippen LogP contribution in [0.1, 0.15) is 0 Å². The summed E-state index contributed by atoms with van der Waals surface area (Å²) in [4.78, 5) is 0. The van der Waals surface area contributed by atoms with Crippen LogP contribution in [0.25, 0.3) is 0 Å². The Morgan fingerprint density at radius 3 is 1.33 bits per heavy atom. The lowest BCUT2D eigenvalue weighted by Crippen LogP contribution is -2.55.